The normalized spacial score (nSPS) is 10.3. The van der Waals surface area contributed by atoms with Crippen LogP contribution in [0, 0.1) is 5.82 Å². The summed E-state index contributed by atoms with van der Waals surface area (Å²) in [5.74, 6) is 0.171. The molecule has 0 heterocycles. The van der Waals surface area contributed by atoms with Gasteiger partial charge in [-0.15, -0.1) is 0 Å². The lowest BCUT2D eigenvalue weighted by Gasteiger charge is -2.14. The summed E-state index contributed by atoms with van der Waals surface area (Å²) in [6.45, 7) is 2.61. The smallest absolute Gasteiger partial charge is 0.257 e. The number of carbonyl (C=O) groups excluding carboxylic acids is 1. The van der Waals surface area contributed by atoms with Crippen molar-refractivity contribution >= 4 is 23.2 Å². The molecule has 1 amide bonds. The standard InChI is InChI=1S/C18H19ClFNO3/c1-3-4-9-24-17-8-6-13(23-2)11-16(17)21-18(22)14-7-5-12(20)10-15(14)19/h5-8,10-11H,3-4,9H2,1-2H3,(H,21,22). The largest absolute Gasteiger partial charge is 0.497 e. The van der Waals surface area contributed by atoms with Gasteiger partial charge in [-0.25, -0.2) is 4.39 Å². The van der Waals surface area contributed by atoms with Gasteiger partial charge >= 0.3 is 0 Å². The highest BCUT2D eigenvalue weighted by Gasteiger charge is 2.14. The van der Waals surface area contributed by atoms with Crippen LogP contribution in [0.15, 0.2) is 36.4 Å². The molecule has 24 heavy (non-hydrogen) atoms. The first-order valence-electron chi connectivity index (χ1n) is 7.62. The van der Waals surface area contributed by atoms with Crippen LogP contribution in [0.1, 0.15) is 30.1 Å². The second-order valence-electron chi connectivity index (χ2n) is 5.14. The first-order valence-corrected chi connectivity index (χ1v) is 8.00. The van der Waals surface area contributed by atoms with Crippen LogP contribution in [0.25, 0.3) is 0 Å². The third kappa shape index (κ3) is 4.61. The molecule has 0 aliphatic heterocycles. The number of amides is 1. The van der Waals surface area contributed by atoms with Gasteiger partial charge in [0.1, 0.15) is 17.3 Å². The first kappa shape index (κ1) is 18.1. The van der Waals surface area contributed by atoms with E-state index < -0.39 is 11.7 Å². The highest BCUT2D eigenvalue weighted by atomic mass is 35.5. The number of carbonyl (C=O) groups is 1. The molecule has 0 spiro atoms. The topological polar surface area (TPSA) is 47.6 Å². The lowest BCUT2D eigenvalue weighted by Crippen LogP contribution is -2.14. The number of rotatable bonds is 7. The number of ether oxygens (including phenoxy) is 2. The summed E-state index contributed by atoms with van der Waals surface area (Å²) in [6.07, 6.45) is 1.91. The number of nitrogens with one attached hydrogen (secondary N) is 1. The van der Waals surface area contributed by atoms with Crippen LogP contribution < -0.4 is 14.8 Å². The Bertz CT molecular complexity index is 721. The van der Waals surface area contributed by atoms with Gasteiger partial charge in [0.25, 0.3) is 5.91 Å². The van der Waals surface area contributed by atoms with E-state index in [0.717, 1.165) is 18.9 Å². The average molecular weight is 352 g/mol. The lowest BCUT2D eigenvalue weighted by atomic mass is 10.2. The second-order valence-corrected chi connectivity index (χ2v) is 5.55. The maximum atomic E-state index is 13.1. The molecule has 0 unspecified atom stereocenters. The SMILES string of the molecule is CCCCOc1ccc(OC)cc1NC(=O)c1ccc(F)cc1Cl. The Morgan fingerprint density at radius 3 is 2.71 bits per heavy atom. The van der Waals surface area contributed by atoms with Crippen LogP contribution in [0.5, 0.6) is 11.5 Å². The van der Waals surface area contributed by atoms with Crippen LogP contribution in [-0.2, 0) is 0 Å². The van der Waals surface area contributed by atoms with Crippen molar-refractivity contribution < 1.29 is 18.7 Å². The number of hydrogen-bond acceptors (Lipinski definition) is 3. The van der Waals surface area contributed by atoms with Crippen molar-refractivity contribution in [2.24, 2.45) is 0 Å². The molecule has 0 fully saturated rings. The molecule has 1 N–H and O–H groups in total. The summed E-state index contributed by atoms with van der Waals surface area (Å²) in [7, 11) is 1.54. The van der Waals surface area contributed by atoms with E-state index in [1.54, 1.807) is 18.2 Å². The number of anilines is 1. The maximum Gasteiger partial charge on any atom is 0.257 e. The van der Waals surface area contributed by atoms with Crippen LogP contribution in [0.3, 0.4) is 0 Å². The van der Waals surface area contributed by atoms with E-state index in [1.807, 2.05) is 0 Å². The fourth-order valence-electron chi connectivity index (χ4n) is 2.05. The van der Waals surface area contributed by atoms with E-state index in [9.17, 15) is 9.18 Å². The fourth-order valence-corrected chi connectivity index (χ4v) is 2.30. The van der Waals surface area contributed by atoms with Crippen LogP contribution >= 0.6 is 11.6 Å². The van der Waals surface area contributed by atoms with Gasteiger partial charge in [0.15, 0.2) is 0 Å². The Kier molecular flexibility index (Phi) is 6.44. The minimum atomic E-state index is -0.499. The number of unbranched alkanes of at least 4 members (excludes halogenated alkanes) is 1. The Labute approximate surface area is 145 Å². The number of benzene rings is 2. The molecule has 0 aliphatic carbocycles. The molecule has 0 atom stereocenters. The van der Waals surface area contributed by atoms with Crippen molar-refractivity contribution in [1.82, 2.24) is 0 Å². The molecule has 2 aromatic carbocycles. The van der Waals surface area contributed by atoms with Crippen molar-refractivity contribution in [1.29, 1.82) is 0 Å². The molecule has 0 saturated heterocycles. The van der Waals surface area contributed by atoms with Gasteiger partial charge in [0.05, 0.1) is 30.0 Å². The van der Waals surface area contributed by atoms with Crippen LogP contribution in [-0.4, -0.2) is 19.6 Å². The molecule has 2 aromatic rings. The predicted octanol–water partition coefficient (Wildman–Crippen LogP) is 4.92. The molecule has 4 nitrogen and oxygen atoms in total. The van der Waals surface area contributed by atoms with Crippen molar-refractivity contribution in [3.05, 3.63) is 52.8 Å². The third-order valence-corrected chi connectivity index (χ3v) is 3.68. The minimum Gasteiger partial charge on any atom is -0.497 e. The predicted molar refractivity (Wildman–Crippen MR) is 92.8 cm³/mol. The highest BCUT2D eigenvalue weighted by molar-refractivity contribution is 6.34. The Morgan fingerprint density at radius 1 is 1.25 bits per heavy atom. The summed E-state index contributed by atoms with van der Waals surface area (Å²) in [6, 6.07) is 8.77. The molecule has 0 aliphatic rings. The summed E-state index contributed by atoms with van der Waals surface area (Å²) in [4.78, 5) is 12.4. The van der Waals surface area contributed by atoms with Gasteiger partial charge < -0.3 is 14.8 Å². The second kappa shape index (κ2) is 8.55. The van der Waals surface area contributed by atoms with Crippen LogP contribution in [0.4, 0.5) is 10.1 Å². The van der Waals surface area contributed by atoms with E-state index in [-0.39, 0.29) is 10.6 Å². The van der Waals surface area contributed by atoms with Gasteiger partial charge in [0, 0.05) is 6.07 Å². The van der Waals surface area contributed by atoms with Gasteiger partial charge in [0.2, 0.25) is 0 Å². The summed E-state index contributed by atoms with van der Waals surface area (Å²) < 4.78 is 24.0. The molecule has 128 valence electrons. The molecule has 0 bridgehead atoms. The fraction of sp³-hybridized carbons (Fsp3) is 0.278. The minimum absolute atomic E-state index is 0.0452. The van der Waals surface area contributed by atoms with E-state index in [2.05, 4.69) is 12.2 Å². The molecular weight excluding hydrogens is 333 g/mol. The highest BCUT2D eigenvalue weighted by Crippen LogP contribution is 2.30. The van der Waals surface area contributed by atoms with Crippen molar-refractivity contribution in [3.63, 3.8) is 0 Å². The zero-order chi connectivity index (χ0) is 17.5. The van der Waals surface area contributed by atoms with E-state index in [1.165, 1.54) is 19.2 Å². The maximum absolute atomic E-state index is 13.1. The van der Waals surface area contributed by atoms with Crippen molar-refractivity contribution in [2.45, 2.75) is 19.8 Å². The molecule has 0 aromatic heterocycles. The van der Waals surface area contributed by atoms with Crippen molar-refractivity contribution in [2.75, 3.05) is 19.0 Å². The van der Waals surface area contributed by atoms with Gasteiger partial charge in [-0.05, 0) is 36.8 Å². The van der Waals surface area contributed by atoms with E-state index in [4.69, 9.17) is 21.1 Å². The molecule has 0 saturated carbocycles. The summed E-state index contributed by atoms with van der Waals surface area (Å²) in [5, 5.41) is 2.78. The Hall–Kier alpha value is -2.27. The summed E-state index contributed by atoms with van der Waals surface area (Å²) in [5.41, 5.74) is 0.649. The van der Waals surface area contributed by atoms with Gasteiger partial charge in [-0.3, -0.25) is 4.79 Å². The van der Waals surface area contributed by atoms with Crippen LogP contribution in [0.2, 0.25) is 5.02 Å². The Morgan fingerprint density at radius 2 is 2.04 bits per heavy atom. The average Bonchev–Trinajstić information content (AvgIpc) is 2.56. The lowest BCUT2D eigenvalue weighted by molar-refractivity contribution is 0.102. The number of methoxy groups -OCH3 is 1. The first-order chi connectivity index (χ1) is 11.5. The van der Waals surface area contributed by atoms with Gasteiger partial charge in [-0.2, -0.15) is 0 Å². The zero-order valence-electron chi connectivity index (χ0n) is 13.6. The quantitative estimate of drug-likeness (QED) is 0.720. The molecular formula is C18H19ClFNO3. The monoisotopic (exact) mass is 351 g/mol. The zero-order valence-corrected chi connectivity index (χ0v) is 14.3. The summed E-state index contributed by atoms with van der Waals surface area (Å²) >= 11 is 5.93. The van der Waals surface area contributed by atoms with E-state index in [0.29, 0.717) is 23.8 Å². The van der Waals surface area contributed by atoms with Gasteiger partial charge in [-0.1, -0.05) is 24.9 Å². The van der Waals surface area contributed by atoms with E-state index >= 15 is 0 Å². The molecule has 0 radical (unpaired) electrons. The third-order valence-electron chi connectivity index (χ3n) is 3.37. The van der Waals surface area contributed by atoms with Crippen molar-refractivity contribution in [3.8, 4) is 11.5 Å². The number of halogens is 2. The number of hydrogen-bond donors (Lipinski definition) is 1. The Balaban J connectivity index is 2.23. The molecule has 6 heteroatoms. The molecule has 2 rings (SSSR count).